The Morgan fingerprint density at radius 1 is 1.35 bits per heavy atom. The van der Waals surface area contributed by atoms with Crippen molar-refractivity contribution < 1.29 is 14.3 Å². The maximum Gasteiger partial charge on any atom is 0.274 e. The Labute approximate surface area is 132 Å². The predicted molar refractivity (Wildman–Crippen MR) is 79.8 cm³/mol. The lowest BCUT2D eigenvalue weighted by molar-refractivity contribution is -0.133. The van der Waals surface area contributed by atoms with E-state index in [0.29, 0.717) is 37.6 Å². The van der Waals surface area contributed by atoms with Gasteiger partial charge in [-0.3, -0.25) is 9.59 Å². The van der Waals surface area contributed by atoms with Crippen molar-refractivity contribution in [3.05, 3.63) is 30.2 Å². The van der Waals surface area contributed by atoms with E-state index < -0.39 is 0 Å². The van der Waals surface area contributed by atoms with E-state index in [1.54, 1.807) is 35.2 Å². The molecule has 0 N–H and O–H groups in total. The highest BCUT2D eigenvalue weighted by molar-refractivity contribution is 5.94. The van der Waals surface area contributed by atoms with Gasteiger partial charge < -0.3 is 14.5 Å². The average Bonchev–Trinajstić information content (AvgIpc) is 2.87. The van der Waals surface area contributed by atoms with Crippen molar-refractivity contribution in [3.63, 3.8) is 0 Å². The highest BCUT2D eigenvalue weighted by atomic mass is 16.5. The normalized spacial score (nSPS) is 24.8. The average molecular weight is 315 g/mol. The van der Waals surface area contributed by atoms with E-state index in [0.717, 1.165) is 0 Å². The summed E-state index contributed by atoms with van der Waals surface area (Å²) in [6.45, 7) is 1.62. The lowest BCUT2D eigenvalue weighted by Crippen LogP contribution is -2.45. The number of likely N-dealkylation sites (N-methyl/N-ethyl adjacent to an activating group) is 1. The number of ether oxygens (including phenoxy) is 1. The molecular weight excluding hydrogens is 298 g/mol. The first-order chi connectivity index (χ1) is 11.1. The third-order valence-electron chi connectivity index (χ3n) is 4.53. The monoisotopic (exact) mass is 315 g/mol. The van der Waals surface area contributed by atoms with E-state index in [1.165, 1.54) is 10.7 Å². The number of hydrogen-bond donors (Lipinski definition) is 0. The third-order valence-corrected chi connectivity index (χ3v) is 4.53. The van der Waals surface area contributed by atoms with Gasteiger partial charge >= 0.3 is 0 Å². The zero-order valence-electron chi connectivity index (χ0n) is 12.8. The highest BCUT2D eigenvalue weighted by Crippen LogP contribution is 2.21. The molecule has 8 nitrogen and oxygen atoms in total. The summed E-state index contributed by atoms with van der Waals surface area (Å²) in [6, 6.07) is 3.45. The molecule has 2 fully saturated rings. The van der Waals surface area contributed by atoms with E-state index in [1.807, 2.05) is 0 Å². The van der Waals surface area contributed by atoms with Crippen LogP contribution >= 0.6 is 0 Å². The number of aromatic nitrogens is 3. The molecule has 2 aromatic heterocycles. The topological polar surface area (TPSA) is 80.0 Å². The van der Waals surface area contributed by atoms with Gasteiger partial charge in [-0.05, 0) is 12.1 Å². The van der Waals surface area contributed by atoms with Crippen molar-refractivity contribution in [1.82, 2.24) is 24.4 Å². The number of nitrogens with zero attached hydrogens (tertiary/aromatic N) is 5. The minimum absolute atomic E-state index is 0.0408. The molecule has 2 saturated heterocycles. The van der Waals surface area contributed by atoms with E-state index in [4.69, 9.17) is 4.74 Å². The summed E-state index contributed by atoms with van der Waals surface area (Å²) in [5, 5.41) is 4.19. The van der Waals surface area contributed by atoms with E-state index in [-0.39, 0.29) is 23.8 Å². The predicted octanol–water partition coefficient (Wildman–Crippen LogP) is -0.341. The van der Waals surface area contributed by atoms with Gasteiger partial charge in [-0.25, -0.2) is 9.50 Å². The van der Waals surface area contributed by atoms with Crippen molar-refractivity contribution >= 4 is 17.5 Å². The van der Waals surface area contributed by atoms with Gasteiger partial charge in [0.2, 0.25) is 5.91 Å². The van der Waals surface area contributed by atoms with Gasteiger partial charge in [0.1, 0.15) is 0 Å². The molecule has 0 aromatic carbocycles. The Morgan fingerprint density at radius 2 is 2.22 bits per heavy atom. The summed E-state index contributed by atoms with van der Waals surface area (Å²) in [7, 11) is 1.78. The molecule has 0 spiro atoms. The van der Waals surface area contributed by atoms with Crippen molar-refractivity contribution in [2.75, 3.05) is 33.4 Å². The van der Waals surface area contributed by atoms with Crippen LogP contribution in [-0.2, 0) is 9.53 Å². The largest absolute Gasteiger partial charge is 0.378 e. The first-order valence-corrected chi connectivity index (χ1v) is 7.57. The van der Waals surface area contributed by atoms with Gasteiger partial charge in [-0.1, -0.05) is 0 Å². The zero-order chi connectivity index (χ0) is 16.0. The second-order valence-corrected chi connectivity index (χ2v) is 5.98. The Hall–Kier alpha value is -2.48. The van der Waals surface area contributed by atoms with E-state index >= 15 is 0 Å². The van der Waals surface area contributed by atoms with Crippen LogP contribution in [0, 0.1) is 5.92 Å². The fourth-order valence-corrected chi connectivity index (χ4v) is 3.20. The minimum Gasteiger partial charge on any atom is -0.378 e. The fraction of sp³-hybridized carbons (Fsp3) is 0.467. The Balaban J connectivity index is 1.67. The molecule has 2 bridgehead atoms. The molecule has 2 aliphatic rings. The molecule has 8 heteroatoms. The van der Waals surface area contributed by atoms with Crippen molar-refractivity contribution in [1.29, 1.82) is 0 Å². The van der Waals surface area contributed by atoms with Crippen LogP contribution in [-0.4, -0.2) is 75.6 Å². The Morgan fingerprint density at radius 3 is 3.09 bits per heavy atom. The molecule has 0 unspecified atom stereocenters. The molecule has 2 aliphatic heterocycles. The summed E-state index contributed by atoms with van der Waals surface area (Å²) in [5.74, 6) is -0.432. The molecule has 4 rings (SSSR count). The van der Waals surface area contributed by atoms with Crippen LogP contribution in [0.5, 0.6) is 0 Å². The second kappa shape index (κ2) is 5.31. The summed E-state index contributed by atoms with van der Waals surface area (Å²) >= 11 is 0. The molecule has 4 heterocycles. The fourth-order valence-electron chi connectivity index (χ4n) is 3.20. The van der Waals surface area contributed by atoms with Crippen LogP contribution in [0.15, 0.2) is 24.5 Å². The van der Waals surface area contributed by atoms with Crippen molar-refractivity contribution in [2.24, 2.45) is 5.92 Å². The first kappa shape index (κ1) is 14.1. The van der Waals surface area contributed by atoms with Gasteiger partial charge in [-0.15, -0.1) is 0 Å². The third kappa shape index (κ3) is 2.26. The van der Waals surface area contributed by atoms with Crippen LogP contribution in [0.1, 0.15) is 10.5 Å². The molecule has 0 radical (unpaired) electrons. The Kier molecular flexibility index (Phi) is 3.26. The summed E-state index contributed by atoms with van der Waals surface area (Å²) in [6.07, 6.45) is 3.15. The van der Waals surface area contributed by atoms with Gasteiger partial charge in [0.25, 0.3) is 5.91 Å². The summed E-state index contributed by atoms with van der Waals surface area (Å²) in [5.41, 5.74) is 1.04. The quantitative estimate of drug-likeness (QED) is 0.719. The molecule has 2 aromatic rings. The Bertz CT molecular complexity index is 773. The van der Waals surface area contributed by atoms with Gasteiger partial charge in [0.15, 0.2) is 11.3 Å². The summed E-state index contributed by atoms with van der Waals surface area (Å²) in [4.78, 5) is 32.9. The molecule has 23 heavy (non-hydrogen) atoms. The standard InChI is InChI=1S/C15H17N5O3/c1-18-11-7-19(6-10(14(18)21)8-23-9-11)15(22)12-5-16-13-3-2-4-17-20(12)13/h2-5,10-11H,6-9H2,1H3/t10-,11+/m1/s1. The molecule has 2 amide bonds. The lowest BCUT2D eigenvalue weighted by Gasteiger charge is -2.29. The van der Waals surface area contributed by atoms with Crippen molar-refractivity contribution in [2.45, 2.75) is 6.04 Å². The van der Waals surface area contributed by atoms with Crippen LogP contribution in [0.4, 0.5) is 0 Å². The van der Waals surface area contributed by atoms with Crippen LogP contribution in [0.2, 0.25) is 0 Å². The SMILES string of the molecule is CN1C(=O)[C@H]2COC[C@@H]1CN(C(=O)c1cnc3cccnn13)C2. The number of hydrogen-bond acceptors (Lipinski definition) is 5. The van der Waals surface area contributed by atoms with Crippen LogP contribution in [0.25, 0.3) is 5.65 Å². The molecule has 0 saturated carbocycles. The second-order valence-electron chi connectivity index (χ2n) is 5.98. The van der Waals surface area contributed by atoms with E-state index in [9.17, 15) is 9.59 Å². The van der Waals surface area contributed by atoms with Crippen LogP contribution in [0.3, 0.4) is 0 Å². The minimum atomic E-state index is -0.316. The molecular formula is C15H17N5O3. The van der Waals surface area contributed by atoms with E-state index in [2.05, 4.69) is 10.1 Å². The zero-order valence-corrected chi connectivity index (χ0v) is 12.8. The number of rotatable bonds is 1. The van der Waals surface area contributed by atoms with Crippen LogP contribution < -0.4 is 0 Å². The maximum atomic E-state index is 12.9. The lowest BCUT2D eigenvalue weighted by atomic mass is 10.1. The number of imidazole rings is 1. The number of carbonyl (C=O) groups is 2. The van der Waals surface area contributed by atoms with Crippen molar-refractivity contribution in [3.8, 4) is 0 Å². The first-order valence-electron chi connectivity index (χ1n) is 7.57. The van der Waals surface area contributed by atoms with Gasteiger partial charge in [0, 0.05) is 26.3 Å². The number of carbonyl (C=O) groups excluding carboxylic acids is 2. The molecule has 120 valence electrons. The van der Waals surface area contributed by atoms with Gasteiger partial charge in [-0.2, -0.15) is 5.10 Å². The molecule has 0 aliphatic carbocycles. The molecule has 2 atom stereocenters. The smallest absolute Gasteiger partial charge is 0.274 e. The van der Waals surface area contributed by atoms with Gasteiger partial charge in [0.05, 0.1) is 31.4 Å². The summed E-state index contributed by atoms with van der Waals surface area (Å²) < 4.78 is 7.09. The maximum absolute atomic E-state index is 12.9. The highest BCUT2D eigenvalue weighted by Gasteiger charge is 2.39. The number of fused-ring (bicyclic) bond motifs is 4. The number of amides is 2.